The lowest BCUT2D eigenvalue weighted by Crippen LogP contribution is -2.63. The molecule has 0 aliphatic heterocycles. The van der Waals surface area contributed by atoms with Gasteiger partial charge in [-0.15, -0.1) is 0 Å². The van der Waals surface area contributed by atoms with Crippen LogP contribution in [0.5, 0.6) is 0 Å². The Morgan fingerprint density at radius 1 is 0.971 bits per heavy atom. The number of ether oxygens (including phenoxy) is 5. The standard InChI is InChI=1S/C28H50O6/c1-8-33-24(29)11-14-26(3)12-9-13-27(4)22(26)10-15-28(5)23(27)16-20(2)21(17-32-18-30-6)25(28)34-19-31-7/h20-23,25H,8-19H2,1-7H3/t20-,21-,22+,23-,25+,26-,27+,28-/m0/s1. The van der Waals surface area contributed by atoms with Crippen LogP contribution in [0, 0.1) is 39.9 Å². The Morgan fingerprint density at radius 3 is 2.38 bits per heavy atom. The Bertz CT molecular complexity index is 669. The van der Waals surface area contributed by atoms with Crippen LogP contribution in [0.25, 0.3) is 0 Å². The van der Waals surface area contributed by atoms with Crippen molar-refractivity contribution in [1.82, 2.24) is 0 Å². The predicted octanol–water partition coefficient (Wildman–Crippen LogP) is 5.82. The van der Waals surface area contributed by atoms with E-state index in [-0.39, 0.29) is 28.3 Å². The molecule has 34 heavy (non-hydrogen) atoms. The fraction of sp³-hybridized carbons (Fsp3) is 0.964. The van der Waals surface area contributed by atoms with Gasteiger partial charge in [0.2, 0.25) is 0 Å². The Balaban J connectivity index is 1.86. The summed E-state index contributed by atoms with van der Waals surface area (Å²) < 4.78 is 28.2. The van der Waals surface area contributed by atoms with Gasteiger partial charge in [-0.05, 0) is 79.4 Å². The minimum atomic E-state index is -0.0464. The van der Waals surface area contributed by atoms with E-state index in [1.807, 2.05) is 6.92 Å². The van der Waals surface area contributed by atoms with Crippen molar-refractivity contribution in [3.63, 3.8) is 0 Å². The van der Waals surface area contributed by atoms with Gasteiger partial charge >= 0.3 is 5.97 Å². The van der Waals surface area contributed by atoms with Crippen LogP contribution in [0.15, 0.2) is 0 Å². The second-order valence-electron chi connectivity index (χ2n) is 12.1. The first-order valence-electron chi connectivity index (χ1n) is 13.5. The number of esters is 1. The summed E-state index contributed by atoms with van der Waals surface area (Å²) in [5.74, 6) is 1.98. The molecule has 3 aliphatic rings. The van der Waals surface area contributed by atoms with Crippen LogP contribution in [0.2, 0.25) is 0 Å². The molecule has 0 aromatic heterocycles. The van der Waals surface area contributed by atoms with Crippen molar-refractivity contribution in [2.45, 2.75) is 92.1 Å². The van der Waals surface area contributed by atoms with Crippen molar-refractivity contribution < 1.29 is 28.5 Å². The smallest absolute Gasteiger partial charge is 0.305 e. The number of carbonyl (C=O) groups excluding carboxylic acids is 1. The zero-order chi connectivity index (χ0) is 25.0. The van der Waals surface area contributed by atoms with Gasteiger partial charge in [-0.1, -0.05) is 34.1 Å². The second-order valence-corrected chi connectivity index (χ2v) is 12.1. The largest absolute Gasteiger partial charge is 0.466 e. The Hall–Kier alpha value is -0.690. The Labute approximate surface area is 207 Å². The molecule has 0 amide bonds. The molecule has 0 aromatic rings. The highest BCUT2D eigenvalue weighted by Gasteiger charge is 2.64. The van der Waals surface area contributed by atoms with E-state index in [2.05, 4.69) is 27.7 Å². The highest BCUT2D eigenvalue weighted by molar-refractivity contribution is 5.69. The van der Waals surface area contributed by atoms with Crippen molar-refractivity contribution in [2.24, 2.45) is 39.9 Å². The maximum Gasteiger partial charge on any atom is 0.305 e. The molecule has 0 spiro atoms. The summed E-state index contributed by atoms with van der Waals surface area (Å²) in [6.07, 6.45) is 8.82. The van der Waals surface area contributed by atoms with E-state index in [0.717, 1.165) is 12.8 Å². The summed E-state index contributed by atoms with van der Waals surface area (Å²) in [6, 6.07) is 0. The number of carbonyl (C=O) groups is 1. The average molecular weight is 483 g/mol. The summed E-state index contributed by atoms with van der Waals surface area (Å²) >= 11 is 0. The van der Waals surface area contributed by atoms with E-state index in [1.165, 1.54) is 32.1 Å². The molecular weight excluding hydrogens is 432 g/mol. The van der Waals surface area contributed by atoms with Gasteiger partial charge in [-0.2, -0.15) is 0 Å². The van der Waals surface area contributed by atoms with Crippen LogP contribution in [0.4, 0.5) is 0 Å². The fourth-order valence-electron chi connectivity index (χ4n) is 8.60. The lowest BCUT2D eigenvalue weighted by atomic mass is 9.38. The van der Waals surface area contributed by atoms with Crippen molar-refractivity contribution in [1.29, 1.82) is 0 Å². The molecule has 0 radical (unpaired) electrons. The first kappa shape index (κ1) is 27.9. The molecule has 3 aliphatic carbocycles. The van der Waals surface area contributed by atoms with E-state index in [9.17, 15) is 4.79 Å². The van der Waals surface area contributed by atoms with E-state index >= 15 is 0 Å². The van der Waals surface area contributed by atoms with Crippen LogP contribution in [0.3, 0.4) is 0 Å². The number of hydrogen-bond acceptors (Lipinski definition) is 6. The van der Waals surface area contributed by atoms with E-state index in [1.54, 1.807) is 14.2 Å². The molecule has 198 valence electrons. The molecule has 0 saturated heterocycles. The number of fused-ring (bicyclic) bond motifs is 3. The first-order valence-corrected chi connectivity index (χ1v) is 13.5. The molecule has 3 saturated carbocycles. The van der Waals surface area contributed by atoms with Gasteiger partial charge in [0.1, 0.15) is 13.6 Å². The van der Waals surface area contributed by atoms with Crippen LogP contribution in [0.1, 0.15) is 86.0 Å². The monoisotopic (exact) mass is 482 g/mol. The Kier molecular flexibility index (Phi) is 9.50. The summed E-state index contributed by atoms with van der Waals surface area (Å²) in [7, 11) is 3.38. The molecule has 8 atom stereocenters. The summed E-state index contributed by atoms with van der Waals surface area (Å²) in [5.41, 5.74) is 0.512. The molecule has 6 heteroatoms. The molecule has 3 rings (SSSR count). The number of rotatable bonds is 11. The van der Waals surface area contributed by atoms with E-state index in [0.29, 0.717) is 56.9 Å². The molecule has 3 fully saturated rings. The normalized spacial score (nSPS) is 42.0. The molecule has 0 N–H and O–H groups in total. The maximum absolute atomic E-state index is 12.2. The topological polar surface area (TPSA) is 63.2 Å². The van der Waals surface area contributed by atoms with Gasteiger partial charge < -0.3 is 23.7 Å². The zero-order valence-corrected chi connectivity index (χ0v) is 22.8. The van der Waals surface area contributed by atoms with Crippen molar-refractivity contribution in [3.05, 3.63) is 0 Å². The zero-order valence-electron chi connectivity index (χ0n) is 22.8. The Morgan fingerprint density at radius 2 is 1.71 bits per heavy atom. The third-order valence-electron chi connectivity index (χ3n) is 10.1. The van der Waals surface area contributed by atoms with Crippen molar-refractivity contribution in [3.8, 4) is 0 Å². The average Bonchev–Trinajstić information content (AvgIpc) is 2.79. The quantitative estimate of drug-likeness (QED) is 0.210. The van der Waals surface area contributed by atoms with Crippen LogP contribution < -0.4 is 0 Å². The van der Waals surface area contributed by atoms with E-state index < -0.39 is 0 Å². The van der Waals surface area contributed by atoms with Crippen molar-refractivity contribution >= 4 is 5.97 Å². The van der Waals surface area contributed by atoms with Gasteiger partial charge in [0.15, 0.2) is 0 Å². The summed E-state index contributed by atoms with van der Waals surface area (Å²) in [4.78, 5) is 12.2. The number of hydrogen-bond donors (Lipinski definition) is 0. The molecule has 6 nitrogen and oxygen atoms in total. The molecule has 0 aromatic carbocycles. The summed E-state index contributed by atoms with van der Waals surface area (Å²) in [5, 5.41) is 0. The molecule has 0 heterocycles. The summed E-state index contributed by atoms with van der Waals surface area (Å²) in [6.45, 7) is 13.5. The SMILES string of the molecule is CCOC(=O)CC[C@]1(C)CCC[C@@]2(C)[C@@H]3C[C@H](C)[C@H](COCOC)[C@@H](OCOC)[C@@]3(C)CC[C@H]12. The third-order valence-corrected chi connectivity index (χ3v) is 10.1. The minimum Gasteiger partial charge on any atom is -0.466 e. The number of methoxy groups -OCH3 is 2. The third kappa shape index (κ3) is 5.35. The highest BCUT2D eigenvalue weighted by Crippen LogP contribution is 2.69. The second kappa shape index (κ2) is 11.6. The molecule has 0 unspecified atom stereocenters. The lowest BCUT2D eigenvalue weighted by Gasteiger charge is -2.67. The highest BCUT2D eigenvalue weighted by atomic mass is 16.7. The van der Waals surface area contributed by atoms with Crippen molar-refractivity contribution in [2.75, 3.05) is 41.0 Å². The minimum absolute atomic E-state index is 0.0464. The van der Waals surface area contributed by atoms with Gasteiger partial charge in [-0.25, -0.2) is 0 Å². The van der Waals surface area contributed by atoms with Gasteiger partial charge in [-0.3, -0.25) is 4.79 Å². The van der Waals surface area contributed by atoms with Gasteiger partial charge in [0.05, 0.1) is 19.3 Å². The molecular formula is C28H50O6. The fourth-order valence-corrected chi connectivity index (χ4v) is 8.60. The van der Waals surface area contributed by atoms with Crippen LogP contribution >= 0.6 is 0 Å². The maximum atomic E-state index is 12.2. The van der Waals surface area contributed by atoms with E-state index in [4.69, 9.17) is 23.7 Å². The van der Waals surface area contributed by atoms with Gasteiger partial charge in [0.25, 0.3) is 0 Å². The predicted molar refractivity (Wildman–Crippen MR) is 132 cm³/mol. The van der Waals surface area contributed by atoms with Gasteiger partial charge in [0, 0.05) is 26.6 Å². The van der Waals surface area contributed by atoms with Crippen LogP contribution in [-0.4, -0.2) is 53.1 Å². The first-order chi connectivity index (χ1) is 16.2. The van der Waals surface area contributed by atoms with Crippen LogP contribution in [-0.2, 0) is 28.5 Å². The molecule has 0 bridgehead atoms. The lowest BCUT2D eigenvalue weighted by molar-refractivity contribution is -0.247.